The number of nitrogens with zero attached hydrogens (tertiary/aromatic N) is 8. The van der Waals surface area contributed by atoms with Crippen molar-refractivity contribution in [3.63, 3.8) is 0 Å². The number of hydrogen-bond acceptors (Lipinski definition) is 6. The Labute approximate surface area is 371 Å². The minimum Gasteiger partial charge on any atom is -0.510 e. The normalized spacial score (nSPS) is 13.0. The maximum atomic E-state index is 4.60. The predicted molar refractivity (Wildman–Crippen MR) is 231 cm³/mol. The van der Waals surface area contributed by atoms with E-state index in [-0.39, 0.29) is 42.1 Å². The van der Waals surface area contributed by atoms with E-state index in [0.29, 0.717) is 11.8 Å². The molecule has 4 aromatic carbocycles. The van der Waals surface area contributed by atoms with Crippen LogP contribution < -0.4 is 19.8 Å². The van der Waals surface area contributed by atoms with Gasteiger partial charge in [-0.2, -0.15) is 74.0 Å². The van der Waals surface area contributed by atoms with Crippen molar-refractivity contribution in [2.75, 3.05) is 23.9 Å². The number of benzene rings is 4. The Morgan fingerprint density at radius 3 is 1.22 bits per heavy atom. The van der Waals surface area contributed by atoms with Crippen LogP contribution in [0.2, 0.25) is 0 Å². The Morgan fingerprint density at radius 1 is 0.483 bits per heavy atom. The van der Waals surface area contributed by atoms with Gasteiger partial charge >= 0.3 is 0 Å². The number of rotatable bonds is 4. The summed E-state index contributed by atoms with van der Waals surface area (Å²) in [6.07, 6.45) is 8.01. The topological polar surface area (TPSA) is 66.9 Å². The second-order valence-electron chi connectivity index (χ2n) is 14.3. The molecule has 0 aliphatic carbocycles. The van der Waals surface area contributed by atoms with Gasteiger partial charge < -0.3 is 39.5 Å². The number of aromatic nitrogens is 4. The van der Waals surface area contributed by atoms with Crippen molar-refractivity contribution in [3.05, 3.63) is 183 Å². The third-order valence-electron chi connectivity index (χ3n) is 9.30. The van der Waals surface area contributed by atoms with E-state index in [1.807, 2.05) is 157 Å². The summed E-state index contributed by atoms with van der Waals surface area (Å²) < 4.78 is 0. The first-order chi connectivity index (χ1) is 27.2. The van der Waals surface area contributed by atoms with Crippen molar-refractivity contribution in [3.8, 4) is 0 Å². The molecular formula is C48H46N8Pt2-6. The molecule has 0 saturated carbocycles. The summed E-state index contributed by atoms with van der Waals surface area (Å²) in [6.45, 7) is 12.6. The molecule has 6 heterocycles. The van der Waals surface area contributed by atoms with Crippen LogP contribution in [-0.4, -0.2) is 33.9 Å². The summed E-state index contributed by atoms with van der Waals surface area (Å²) in [4.78, 5) is 26.4. The maximum Gasteiger partial charge on any atom is 0 e. The molecule has 8 nitrogen and oxygen atoms in total. The first-order valence-electron chi connectivity index (χ1n) is 18.9. The Hall–Kier alpha value is -5.16. The molecule has 8 aromatic rings. The van der Waals surface area contributed by atoms with Crippen LogP contribution in [0.4, 0.5) is 11.4 Å². The van der Waals surface area contributed by atoms with Crippen molar-refractivity contribution < 1.29 is 42.1 Å². The first kappa shape index (κ1) is 43.9. The van der Waals surface area contributed by atoms with Gasteiger partial charge in [-0.3, -0.25) is 0 Å². The number of pyridine rings is 2. The SMILES string of the molecule is CC(C)c1ccc2c(n1)[n-]c1ccccc12.CC(C)c1ccc2c(n1)[n-]c1ccccc12.CN1C=CN(c2[c-]cccc2)[CH-]1.CN1C=CN(c2[c-]cccc2)[CH-]1.[Pt].[Pt]. The van der Waals surface area contributed by atoms with Gasteiger partial charge in [-0.25, -0.2) is 0 Å². The molecule has 2 aliphatic heterocycles. The van der Waals surface area contributed by atoms with Crippen molar-refractivity contribution in [2.24, 2.45) is 0 Å². The summed E-state index contributed by atoms with van der Waals surface area (Å²) >= 11 is 0. The Kier molecular flexibility index (Phi) is 15.5. The Bertz CT molecular complexity index is 2380. The van der Waals surface area contributed by atoms with Gasteiger partial charge in [0.2, 0.25) is 0 Å². The number of hydrogen-bond donors (Lipinski definition) is 0. The van der Waals surface area contributed by atoms with Crippen LogP contribution in [-0.2, 0) is 42.1 Å². The van der Waals surface area contributed by atoms with Crippen LogP contribution in [0.1, 0.15) is 50.9 Å². The molecule has 0 saturated heterocycles. The predicted octanol–water partition coefficient (Wildman–Crippen LogP) is 10.6. The summed E-state index contributed by atoms with van der Waals surface area (Å²) in [6, 6.07) is 46.9. The molecule has 0 spiro atoms. The number of anilines is 2. The average molecular weight is 1130 g/mol. The molecule has 4 aromatic heterocycles. The molecule has 10 heteroatoms. The number of para-hydroxylation sites is 4. The molecule has 0 radical (unpaired) electrons. The standard InChI is InChI=1S/2C14H13N2.2C10H10N2.2Pt/c2*1-9(2)12-8-7-11-10-5-3-4-6-13(10)16-14(11)15-12;2*1-11-7-8-12(9-11)10-5-3-2-4-6-10;;/h2*3-9H,1-2H3;2*2-5,7-9H,1H3;;/q2*-1;2*-2;;. The van der Waals surface area contributed by atoms with Crippen LogP contribution in [0.25, 0.3) is 43.9 Å². The molecule has 58 heavy (non-hydrogen) atoms. The van der Waals surface area contributed by atoms with Crippen molar-refractivity contribution >= 4 is 55.2 Å². The van der Waals surface area contributed by atoms with E-state index in [1.165, 1.54) is 10.8 Å². The van der Waals surface area contributed by atoms with E-state index in [2.05, 4.69) is 96.2 Å². The fourth-order valence-corrected chi connectivity index (χ4v) is 6.26. The van der Waals surface area contributed by atoms with Crippen LogP contribution in [0.15, 0.2) is 146 Å². The summed E-state index contributed by atoms with van der Waals surface area (Å²) in [5.74, 6) is 0.897. The average Bonchev–Trinajstić information content (AvgIpc) is 4.03. The van der Waals surface area contributed by atoms with E-state index in [1.54, 1.807) is 0 Å². The zero-order valence-electron chi connectivity index (χ0n) is 33.4. The molecule has 0 bridgehead atoms. The van der Waals surface area contributed by atoms with Gasteiger partial charge in [0.15, 0.2) is 0 Å². The molecule has 0 N–H and O–H groups in total. The zero-order chi connectivity index (χ0) is 39.0. The third kappa shape index (κ3) is 10.7. The van der Waals surface area contributed by atoms with Gasteiger partial charge in [0.05, 0.1) is 0 Å². The molecule has 10 rings (SSSR count). The second kappa shape index (κ2) is 20.5. The Morgan fingerprint density at radius 2 is 0.879 bits per heavy atom. The van der Waals surface area contributed by atoms with Crippen molar-refractivity contribution in [1.82, 2.24) is 29.7 Å². The van der Waals surface area contributed by atoms with Crippen LogP contribution in [0, 0.1) is 25.5 Å². The first-order valence-corrected chi connectivity index (χ1v) is 18.9. The van der Waals surface area contributed by atoms with E-state index in [4.69, 9.17) is 0 Å². The van der Waals surface area contributed by atoms with E-state index in [0.717, 1.165) is 55.9 Å². The van der Waals surface area contributed by atoms with Crippen molar-refractivity contribution in [2.45, 2.75) is 39.5 Å². The molecule has 0 atom stereocenters. The quantitative estimate of drug-likeness (QED) is 0.162. The second-order valence-corrected chi connectivity index (χ2v) is 14.3. The van der Waals surface area contributed by atoms with E-state index >= 15 is 0 Å². The van der Waals surface area contributed by atoms with Gasteiger partial charge in [-0.15, -0.1) is 11.4 Å². The molecule has 0 amide bonds. The summed E-state index contributed by atoms with van der Waals surface area (Å²) in [5, 5.41) is 4.70. The molecule has 2 aliphatic rings. The fraction of sp³-hybridized carbons (Fsp3) is 0.167. The van der Waals surface area contributed by atoms with Crippen LogP contribution in [0.3, 0.4) is 0 Å². The van der Waals surface area contributed by atoms with Crippen LogP contribution >= 0.6 is 0 Å². The van der Waals surface area contributed by atoms with Gasteiger partial charge in [0.1, 0.15) is 0 Å². The molecule has 0 unspecified atom stereocenters. The van der Waals surface area contributed by atoms with E-state index < -0.39 is 0 Å². The Balaban J connectivity index is 0.000000147. The van der Waals surface area contributed by atoms with Crippen LogP contribution in [0.5, 0.6) is 0 Å². The minimum absolute atomic E-state index is 0. The maximum absolute atomic E-state index is 4.60. The molecular weight excluding hydrogens is 1080 g/mol. The largest absolute Gasteiger partial charge is 0.510 e. The molecule has 0 fully saturated rings. The van der Waals surface area contributed by atoms with Gasteiger partial charge in [0, 0.05) is 42.1 Å². The van der Waals surface area contributed by atoms with Gasteiger partial charge in [0.25, 0.3) is 0 Å². The summed E-state index contributed by atoms with van der Waals surface area (Å²) in [7, 11) is 4.00. The van der Waals surface area contributed by atoms with Gasteiger partial charge in [-0.05, 0) is 83.3 Å². The monoisotopic (exact) mass is 1120 g/mol. The fourth-order valence-electron chi connectivity index (χ4n) is 6.26. The smallest absolute Gasteiger partial charge is 0 e. The number of fused-ring (bicyclic) bond motifs is 6. The van der Waals surface area contributed by atoms with Crippen molar-refractivity contribution in [1.29, 1.82) is 0 Å². The van der Waals surface area contributed by atoms with Gasteiger partial charge in [-0.1, -0.05) is 123 Å². The van der Waals surface area contributed by atoms with E-state index in [9.17, 15) is 0 Å². The molecule has 304 valence electrons. The third-order valence-corrected chi connectivity index (χ3v) is 9.30. The summed E-state index contributed by atoms with van der Waals surface area (Å²) in [5.41, 5.74) is 8.15. The zero-order valence-corrected chi connectivity index (χ0v) is 37.9. The minimum atomic E-state index is 0.